The number of carbonyl (C=O) groups is 1. The van der Waals surface area contributed by atoms with Gasteiger partial charge < -0.3 is 39.9 Å². The Kier molecular flexibility index (Phi) is 37.3. The lowest BCUT2D eigenvalue weighted by Crippen LogP contribution is -2.64. The number of rotatable bonds is 41. The van der Waals surface area contributed by atoms with Crippen molar-refractivity contribution in [2.45, 2.75) is 236 Å². The maximum atomic E-state index is 12.8. The maximum Gasteiger partial charge on any atom is 0.472 e. The maximum absolute atomic E-state index is 12.8. The van der Waals surface area contributed by atoms with Gasteiger partial charge in [0.2, 0.25) is 0 Å². The zero-order chi connectivity index (χ0) is 45.5. The molecule has 0 aromatic carbocycles. The number of phosphoric ester groups is 1. The molecule has 6 unspecified atom stereocenters. The highest BCUT2D eigenvalue weighted by Crippen LogP contribution is 2.47. The van der Waals surface area contributed by atoms with Gasteiger partial charge in [-0.2, -0.15) is 0 Å². The van der Waals surface area contributed by atoms with E-state index in [0.29, 0.717) is 13.0 Å². The van der Waals surface area contributed by atoms with Gasteiger partial charge in [-0.15, -0.1) is 0 Å². The molecule has 362 valence electrons. The number of hydrogen-bond acceptors (Lipinski definition) is 11. The molecule has 0 radical (unpaired) electrons. The zero-order valence-electron chi connectivity index (χ0n) is 38.7. The van der Waals surface area contributed by atoms with Crippen molar-refractivity contribution < 1.29 is 58.3 Å². The van der Waals surface area contributed by atoms with Crippen molar-refractivity contribution in [2.24, 2.45) is 0 Å². The van der Waals surface area contributed by atoms with Crippen molar-refractivity contribution in [3.63, 3.8) is 0 Å². The van der Waals surface area contributed by atoms with E-state index in [1.165, 1.54) is 109 Å². The third-order valence-corrected chi connectivity index (χ3v) is 12.2. The topological polar surface area (TPSA) is 192 Å². The van der Waals surface area contributed by atoms with E-state index in [1.54, 1.807) is 0 Å². The van der Waals surface area contributed by atoms with Crippen LogP contribution in [0.5, 0.6) is 0 Å². The molecule has 0 aliphatic heterocycles. The van der Waals surface area contributed by atoms with Crippen LogP contribution < -0.4 is 0 Å². The van der Waals surface area contributed by atoms with Gasteiger partial charge in [0.1, 0.15) is 42.7 Å². The molecule has 12 nitrogen and oxygen atoms in total. The first-order valence-electron chi connectivity index (χ1n) is 24.5. The van der Waals surface area contributed by atoms with Crippen molar-refractivity contribution in [3.8, 4) is 0 Å². The van der Waals surface area contributed by atoms with Gasteiger partial charge in [-0.3, -0.25) is 13.8 Å². The second kappa shape index (κ2) is 39.6. The number of aliphatic hydroxyl groups is 5. The Balaban J connectivity index is 2.40. The summed E-state index contributed by atoms with van der Waals surface area (Å²) in [5.41, 5.74) is 0. The van der Waals surface area contributed by atoms with Gasteiger partial charge in [0, 0.05) is 13.0 Å². The molecule has 0 aromatic rings. The number of phosphoric acid groups is 1. The third-order valence-electron chi connectivity index (χ3n) is 11.2. The Morgan fingerprint density at radius 1 is 0.516 bits per heavy atom. The van der Waals surface area contributed by atoms with E-state index in [9.17, 15) is 39.8 Å². The first-order valence-corrected chi connectivity index (χ1v) is 26.0. The fourth-order valence-electron chi connectivity index (χ4n) is 7.28. The lowest BCUT2D eigenvalue weighted by Gasteiger charge is -2.41. The van der Waals surface area contributed by atoms with Gasteiger partial charge in [-0.05, 0) is 57.8 Å². The largest absolute Gasteiger partial charge is 0.472 e. The number of allylic oxidation sites excluding steroid dienone is 8. The minimum Gasteiger partial charge on any atom is -0.457 e. The molecule has 0 amide bonds. The first-order chi connectivity index (χ1) is 30.0. The van der Waals surface area contributed by atoms with Gasteiger partial charge in [-0.1, -0.05) is 178 Å². The summed E-state index contributed by atoms with van der Waals surface area (Å²) in [7, 11) is -5.03. The third kappa shape index (κ3) is 31.2. The Bertz CT molecular complexity index is 1210. The van der Waals surface area contributed by atoms with Crippen LogP contribution in [0.4, 0.5) is 0 Å². The van der Waals surface area contributed by atoms with Crippen LogP contribution in [0.2, 0.25) is 0 Å². The Labute approximate surface area is 375 Å². The number of esters is 1. The molecule has 0 aromatic heterocycles. The van der Waals surface area contributed by atoms with E-state index in [1.807, 2.05) is 0 Å². The van der Waals surface area contributed by atoms with Gasteiger partial charge in [0.05, 0.1) is 13.2 Å². The van der Waals surface area contributed by atoms with Crippen LogP contribution in [0.3, 0.4) is 0 Å². The highest BCUT2D eigenvalue weighted by molar-refractivity contribution is 7.47. The van der Waals surface area contributed by atoms with Crippen LogP contribution in [-0.4, -0.2) is 98.9 Å². The van der Waals surface area contributed by atoms with Crippen molar-refractivity contribution in [1.82, 2.24) is 0 Å². The molecule has 13 heteroatoms. The molecule has 6 N–H and O–H groups in total. The first kappa shape index (κ1) is 58.3. The average molecular weight is 901 g/mol. The molecule has 0 spiro atoms. The van der Waals surface area contributed by atoms with Gasteiger partial charge in [0.25, 0.3) is 0 Å². The fourth-order valence-corrected chi connectivity index (χ4v) is 8.25. The van der Waals surface area contributed by atoms with Crippen LogP contribution >= 0.6 is 7.82 Å². The van der Waals surface area contributed by atoms with E-state index in [2.05, 4.69) is 62.5 Å². The van der Waals surface area contributed by atoms with E-state index >= 15 is 0 Å². The van der Waals surface area contributed by atoms with Gasteiger partial charge >= 0.3 is 13.8 Å². The quantitative estimate of drug-likeness (QED) is 0.0147. The van der Waals surface area contributed by atoms with E-state index in [4.69, 9.17) is 18.5 Å². The zero-order valence-corrected chi connectivity index (χ0v) is 39.6. The molecule has 0 heterocycles. The Morgan fingerprint density at radius 2 is 0.903 bits per heavy atom. The predicted octanol–water partition coefficient (Wildman–Crippen LogP) is 10.4. The van der Waals surface area contributed by atoms with Crippen molar-refractivity contribution >= 4 is 13.8 Å². The normalized spacial score (nSPS) is 22.4. The molecule has 1 aliphatic carbocycles. The van der Waals surface area contributed by atoms with E-state index < -0.39 is 63.1 Å². The SMILES string of the molecule is CCCCC/C=C\C/C=C\C/C=C\C/C=C\CCCCCC(=O)O[C@H](COCCCCCCCCCCCCCCCCCC)COP(=O)(O)OC1C(O)C(O)C(O)[C@@H](O)C1O. The molecule has 0 saturated heterocycles. The number of hydrogen-bond donors (Lipinski definition) is 6. The number of unbranched alkanes of at least 4 members (excludes halogenated alkanes) is 21. The summed E-state index contributed by atoms with van der Waals surface area (Å²) in [4.78, 5) is 23.2. The minimum absolute atomic E-state index is 0.0884. The summed E-state index contributed by atoms with van der Waals surface area (Å²) in [6.45, 7) is 4.21. The standard InChI is InChI=1S/C49H89O12P/c1-3-5-7-9-11-13-15-17-19-21-22-23-24-26-28-30-32-34-36-38-43(50)60-42(41-59-62(56,57)61-49-47(54)45(52)44(51)46(53)48(49)55)40-58-39-37-35-33-31-29-27-25-20-18-16-14-12-10-8-6-4-2/h11,13,17,19,22-23,26,28,42,44-49,51-55H,3-10,12,14-16,18,20-21,24-25,27,29-41H2,1-2H3,(H,56,57)/b13-11-,19-17-,23-22-,28-26-/t42-,44?,45-,46?,47?,48?,49?/m1/s1. The van der Waals surface area contributed by atoms with Crippen molar-refractivity contribution in [1.29, 1.82) is 0 Å². The van der Waals surface area contributed by atoms with Gasteiger partial charge in [-0.25, -0.2) is 4.57 Å². The minimum atomic E-state index is -5.03. The summed E-state index contributed by atoms with van der Waals surface area (Å²) in [6, 6.07) is 0. The van der Waals surface area contributed by atoms with Crippen molar-refractivity contribution in [3.05, 3.63) is 48.6 Å². The predicted molar refractivity (Wildman–Crippen MR) is 249 cm³/mol. The second-order valence-electron chi connectivity index (χ2n) is 17.0. The van der Waals surface area contributed by atoms with Crippen LogP contribution in [0.25, 0.3) is 0 Å². The summed E-state index contributed by atoms with van der Waals surface area (Å²) < 4.78 is 34.2. The molecule has 0 bridgehead atoms. The van der Waals surface area contributed by atoms with Crippen LogP contribution in [0, 0.1) is 0 Å². The highest BCUT2D eigenvalue weighted by Gasteiger charge is 2.51. The highest BCUT2D eigenvalue weighted by atomic mass is 31.2. The molecule has 8 atom stereocenters. The molecule has 62 heavy (non-hydrogen) atoms. The lowest BCUT2D eigenvalue weighted by atomic mass is 9.85. The summed E-state index contributed by atoms with van der Waals surface area (Å²) in [6.07, 6.45) is 36.0. The number of aliphatic hydroxyl groups excluding tert-OH is 5. The molecular weight excluding hydrogens is 812 g/mol. The molecular formula is C49H89O12P. The number of ether oxygens (including phenoxy) is 2. The number of carbonyl (C=O) groups excluding carboxylic acids is 1. The fraction of sp³-hybridized carbons (Fsp3) is 0.816. The molecule has 1 fully saturated rings. The average Bonchev–Trinajstić information content (AvgIpc) is 3.26. The van der Waals surface area contributed by atoms with E-state index in [-0.39, 0.29) is 13.0 Å². The van der Waals surface area contributed by atoms with E-state index in [0.717, 1.165) is 57.8 Å². The van der Waals surface area contributed by atoms with Gasteiger partial charge in [0.15, 0.2) is 0 Å². The molecule has 1 rings (SSSR count). The summed E-state index contributed by atoms with van der Waals surface area (Å²) in [5, 5.41) is 50.2. The molecule has 1 aliphatic rings. The summed E-state index contributed by atoms with van der Waals surface area (Å²) in [5.74, 6) is -0.505. The van der Waals surface area contributed by atoms with Crippen molar-refractivity contribution in [2.75, 3.05) is 19.8 Å². The lowest BCUT2D eigenvalue weighted by molar-refractivity contribution is -0.220. The smallest absolute Gasteiger partial charge is 0.457 e. The van der Waals surface area contributed by atoms with Crippen LogP contribution in [0.15, 0.2) is 48.6 Å². The summed E-state index contributed by atoms with van der Waals surface area (Å²) >= 11 is 0. The Morgan fingerprint density at radius 3 is 1.39 bits per heavy atom. The molecule has 1 saturated carbocycles. The van der Waals surface area contributed by atoms with Crippen LogP contribution in [-0.2, 0) is 27.9 Å². The Hall–Kier alpha value is -1.70. The van der Waals surface area contributed by atoms with Crippen LogP contribution in [0.1, 0.15) is 194 Å². The monoisotopic (exact) mass is 901 g/mol. The second-order valence-corrected chi connectivity index (χ2v) is 18.4.